The molecule has 3 nitrogen and oxygen atoms in total. The number of thioether (sulfide) groups is 1. The van der Waals surface area contributed by atoms with E-state index in [2.05, 4.69) is 12.2 Å². The average molecular weight is 233 g/mol. The van der Waals surface area contributed by atoms with Crippen molar-refractivity contribution in [1.29, 1.82) is 0 Å². The Balaban J connectivity index is 3.01. The Bertz CT molecular complexity index is 154. The van der Waals surface area contributed by atoms with Crippen LogP contribution in [0.1, 0.15) is 33.1 Å². The van der Waals surface area contributed by atoms with Gasteiger partial charge in [0, 0.05) is 6.42 Å². The molecule has 4 heteroatoms. The SMILES string of the molecule is CCOC(=O)CCCNCCCSCC. The lowest BCUT2D eigenvalue weighted by molar-refractivity contribution is -0.143. The van der Waals surface area contributed by atoms with Gasteiger partial charge in [-0.2, -0.15) is 11.8 Å². The molecule has 0 heterocycles. The quantitative estimate of drug-likeness (QED) is 0.463. The molecule has 15 heavy (non-hydrogen) atoms. The second-order valence-electron chi connectivity index (χ2n) is 3.21. The van der Waals surface area contributed by atoms with Crippen molar-refractivity contribution in [3.63, 3.8) is 0 Å². The van der Waals surface area contributed by atoms with Crippen molar-refractivity contribution in [2.75, 3.05) is 31.2 Å². The Morgan fingerprint density at radius 1 is 1.27 bits per heavy atom. The zero-order valence-corrected chi connectivity index (χ0v) is 10.7. The van der Waals surface area contributed by atoms with Gasteiger partial charge in [0.05, 0.1) is 6.61 Å². The van der Waals surface area contributed by atoms with Crippen LogP contribution in [0.5, 0.6) is 0 Å². The molecule has 0 saturated carbocycles. The molecule has 0 aliphatic rings. The first kappa shape index (κ1) is 14.8. The van der Waals surface area contributed by atoms with Crippen LogP contribution in [-0.2, 0) is 9.53 Å². The van der Waals surface area contributed by atoms with E-state index >= 15 is 0 Å². The highest BCUT2D eigenvalue weighted by molar-refractivity contribution is 7.99. The van der Waals surface area contributed by atoms with Crippen molar-refractivity contribution in [2.45, 2.75) is 33.1 Å². The summed E-state index contributed by atoms with van der Waals surface area (Å²) in [6, 6.07) is 0. The van der Waals surface area contributed by atoms with Crippen molar-refractivity contribution in [2.24, 2.45) is 0 Å². The molecule has 0 aromatic heterocycles. The fraction of sp³-hybridized carbons (Fsp3) is 0.909. The number of hydrogen-bond acceptors (Lipinski definition) is 4. The van der Waals surface area contributed by atoms with Gasteiger partial charge in [0.25, 0.3) is 0 Å². The number of nitrogens with one attached hydrogen (secondary N) is 1. The van der Waals surface area contributed by atoms with Crippen LogP contribution < -0.4 is 5.32 Å². The van der Waals surface area contributed by atoms with Crippen molar-refractivity contribution < 1.29 is 9.53 Å². The fourth-order valence-electron chi connectivity index (χ4n) is 1.16. The molecule has 0 rings (SSSR count). The summed E-state index contributed by atoms with van der Waals surface area (Å²) in [6.45, 7) is 6.46. The molecule has 0 amide bonds. The molecule has 90 valence electrons. The minimum Gasteiger partial charge on any atom is -0.466 e. The summed E-state index contributed by atoms with van der Waals surface area (Å²) >= 11 is 1.97. The maximum atomic E-state index is 11.0. The topological polar surface area (TPSA) is 38.3 Å². The predicted octanol–water partition coefficient (Wildman–Crippen LogP) is 2.06. The molecule has 0 aromatic carbocycles. The van der Waals surface area contributed by atoms with Crippen LogP contribution in [0.4, 0.5) is 0 Å². The van der Waals surface area contributed by atoms with Gasteiger partial charge in [-0.3, -0.25) is 4.79 Å². The van der Waals surface area contributed by atoms with E-state index in [-0.39, 0.29) is 5.97 Å². The molecule has 0 aliphatic heterocycles. The fourth-order valence-corrected chi connectivity index (χ4v) is 1.80. The second kappa shape index (κ2) is 11.9. The van der Waals surface area contributed by atoms with E-state index in [0.717, 1.165) is 19.5 Å². The van der Waals surface area contributed by atoms with Crippen molar-refractivity contribution in [3.8, 4) is 0 Å². The number of rotatable bonds is 10. The summed E-state index contributed by atoms with van der Waals surface area (Å²) in [4.78, 5) is 11.0. The van der Waals surface area contributed by atoms with Crippen LogP contribution in [0, 0.1) is 0 Å². The standard InChI is InChI=1S/C11H23NO2S/c1-3-14-11(13)7-5-8-12-9-6-10-15-4-2/h12H,3-10H2,1-2H3. The van der Waals surface area contributed by atoms with Gasteiger partial charge >= 0.3 is 5.97 Å². The third-order valence-corrected chi connectivity index (χ3v) is 2.87. The van der Waals surface area contributed by atoms with Crippen molar-refractivity contribution >= 4 is 17.7 Å². The summed E-state index contributed by atoms with van der Waals surface area (Å²) in [5.41, 5.74) is 0. The van der Waals surface area contributed by atoms with Crippen LogP contribution in [0.15, 0.2) is 0 Å². The first-order valence-corrected chi connectivity index (χ1v) is 6.90. The lowest BCUT2D eigenvalue weighted by atomic mass is 10.3. The average Bonchev–Trinajstić information content (AvgIpc) is 2.22. The number of ether oxygens (including phenoxy) is 1. The van der Waals surface area contributed by atoms with Crippen molar-refractivity contribution in [3.05, 3.63) is 0 Å². The molecule has 0 spiro atoms. The lowest BCUT2D eigenvalue weighted by Crippen LogP contribution is -2.18. The Morgan fingerprint density at radius 3 is 2.67 bits per heavy atom. The van der Waals surface area contributed by atoms with E-state index in [4.69, 9.17) is 4.74 Å². The number of carbonyl (C=O) groups is 1. The van der Waals surface area contributed by atoms with Gasteiger partial charge in [0.15, 0.2) is 0 Å². The van der Waals surface area contributed by atoms with Crippen LogP contribution in [0.25, 0.3) is 0 Å². The normalized spacial score (nSPS) is 10.3. The first-order chi connectivity index (χ1) is 7.31. The van der Waals surface area contributed by atoms with E-state index in [1.54, 1.807) is 0 Å². The maximum Gasteiger partial charge on any atom is 0.305 e. The highest BCUT2D eigenvalue weighted by Crippen LogP contribution is 1.99. The van der Waals surface area contributed by atoms with E-state index in [0.29, 0.717) is 13.0 Å². The number of esters is 1. The minimum absolute atomic E-state index is 0.0826. The highest BCUT2D eigenvalue weighted by Gasteiger charge is 1.99. The molecule has 0 saturated heterocycles. The molecule has 0 unspecified atom stereocenters. The predicted molar refractivity (Wildman–Crippen MR) is 66.4 cm³/mol. The summed E-state index contributed by atoms with van der Waals surface area (Å²) < 4.78 is 4.83. The van der Waals surface area contributed by atoms with Crippen LogP contribution >= 0.6 is 11.8 Å². The van der Waals surface area contributed by atoms with Gasteiger partial charge in [0.1, 0.15) is 0 Å². The van der Waals surface area contributed by atoms with Crippen LogP contribution in [0.2, 0.25) is 0 Å². The Morgan fingerprint density at radius 2 is 2.00 bits per heavy atom. The maximum absolute atomic E-state index is 11.0. The van der Waals surface area contributed by atoms with Gasteiger partial charge in [0.2, 0.25) is 0 Å². The molecule has 0 radical (unpaired) electrons. The molecule has 0 aromatic rings. The summed E-state index contributed by atoms with van der Waals surface area (Å²) in [5.74, 6) is 2.34. The van der Waals surface area contributed by atoms with Crippen LogP contribution in [0.3, 0.4) is 0 Å². The molecule has 1 N–H and O–H groups in total. The number of hydrogen-bond donors (Lipinski definition) is 1. The van der Waals surface area contributed by atoms with E-state index in [9.17, 15) is 4.79 Å². The second-order valence-corrected chi connectivity index (χ2v) is 4.60. The van der Waals surface area contributed by atoms with Crippen LogP contribution in [-0.4, -0.2) is 37.2 Å². The summed E-state index contributed by atoms with van der Waals surface area (Å²) in [7, 11) is 0. The van der Waals surface area contributed by atoms with Gasteiger partial charge < -0.3 is 10.1 Å². The summed E-state index contributed by atoms with van der Waals surface area (Å²) in [6.07, 6.45) is 2.61. The van der Waals surface area contributed by atoms with Gasteiger partial charge in [-0.1, -0.05) is 6.92 Å². The largest absolute Gasteiger partial charge is 0.466 e. The Kier molecular flexibility index (Phi) is 11.7. The molecule has 0 bridgehead atoms. The monoisotopic (exact) mass is 233 g/mol. The number of carbonyl (C=O) groups excluding carboxylic acids is 1. The highest BCUT2D eigenvalue weighted by atomic mass is 32.2. The smallest absolute Gasteiger partial charge is 0.305 e. The Hall–Kier alpha value is -0.220. The van der Waals surface area contributed by atoms with E-state index in [1.165, 1.54) is 17.9 Å². The molecule has 0 aliphatic carbocycles. The Labute approximate surface area is 97.3 Å². The minimum atomic E-state index is -0.0826. The van der Waals surface area contributed by atoms with Crippen molar-refractivity contribution in [1.82, 2.24) is 5.32 Å². The lowest BCUT2D eigenvalue weighted by Gasteiger charge is -2.04. The van der Waals surface area contributed by atoms with E-state index < -0.39 is 0 Å². The van der Waals surface area contributed by atoms with Gasteiger partial charge in [-0.05, 0) is 44.4 Å². The third kappa shape index (κ3) is 11.7. The molecular weight excluding hydrogens is 210 g/mol. The third-order valence-electron chi connectivity index (χ3n) is 1.89. The first-order valence-electron chi connectivity index (χ1n) is 5.75. The summed E-state index contributed by atoms with van der Waals surface area (Å²) in [5, 5.41) is 3.32. The van der Waals surface area contributed by atoms with Gasteiger partial charge in [-0.25, -0.2) is 0 Å². The van der Waals surface area contributed by atoms with E-state index in [1.807, 2.05) is 18.7 Å². The molecular formula is C11H23NO2S. The van der Waals surface area contributed by atoms with Gasteiger partial charge in [-0.15, -0.1) is 0 Å². The molecule has 0 fully saturated rings. The molecule has 0 atom stereocenters. The zero-order chi connectivity index (χ0) is 11.4. The zero-order valence-electron chi connectivity index (χ0n) is 9.88.